The van der Waals surface area contributed by atoms with E-state index < -0.39 is 13.0 Å². The average Bonchev–Trinajstić information content (AvgIpc) is 2.34. The summed E-state index contributed by atoms with van der Waals surface area (Å²) in [6, 6.07) is 0. The molecule has 0 atom stereocenters. The van der Waals surface area contributed by atoms with E-state index in [-0.39, 0.29) is 5.95 Å². The van der Waals surface area contributed by atoms with Gasteiger partial charge in [0.15, 0.2) is 0 Å². The van der Waals surface area contributed by atoms with Crippen LogP contribution in [0.4, 0.5) is 14.7 Å². The number of aromatic nitrogens is 4. The molecule has 0 saturated heterocycles. The number of aromatic amines is 1. The van der Waals surface area contributed by atoms with Crippen LogP contribution in [0.1, 0.15) is 0 Å². The summed E-state index contributed by atoms with van der Waals surface area (Å²) < 4.78 is 23.0. The van der Waals surface area contributed by atoms with Crippen LogP contribution in [0.3, 0.4) is 0 Å². The van der Waals surface area contributed by atoms with Crippen molar-refractivity contribution < 1.29 is 8.78 Å². The number of nitrogens with one attached hydrogen (secondary N) is 2. The van der Waals surface area contributed by atoms with Gasteiger partial charge in [-0.3, -0.25) is 0 Å². The van der Waals surface area contributed by atoms with Crippen LogP contribution < -0.4 is 5.32 Å². The molecule has 10 heavy (non-hydrogen) atoms. The van der Waals surface area contributed by atoms with Crippen molar-refractivity contribution in [3.8, 4) is 0 Å². The second-order valence-corrected chi connectivity index (χ2v) is 1.51. The summed E-state index contributed by atoms with van der Waals surface area (Å²) in [5.74, 6) is 0.0836. The van der Waals surface area contributed by atoms with Gasteiger partial charge in [-0.15, -0.1) is 5.10 Å². The van der Waals surface area contributed by atoms with Crippen molar-refractivity contribution in [2.75, 3.05) is 11.9 Å². The van der Waals surface area contributed by atoms with Crippen molar-refractivity contribution in [3.05, 3.63) is 0 Å². The number of rotatable bonds is 3. The van der Waals surface area contributed by atoms with E-state index in [4.69, 9.17) is 0 Å². The molecule has 56 valence electrons. The molecule has 0 spiro atoms. The van der Waals surface area contributed by atoms with Crippen LogP contribution in [0.25, 0.3) is 0 Å². The van der Waals surface area contributed by atoms with Crippen molar-refractivity contribution >= 4 is 5.95 Å². The van der Waals surface area contributed by atoms with E-state index in [1.54, 1.807) is 0 Å². The van der Waals surface area contributed by atoms with E-state index in [0.717, 1.165) is 0 Å². The van der Waals surface area contributed by atoms with Crippen LogP contribution in [-0.2, 0) is 0 Å². The Kier molecular flexibility index (Phi) is 2.08. The molecule has 0 bridgehead atoms. The summed E-state index contributed by atoms with van der Waals surface area (Å²) in [4.78, 5) is 0. The zero-order chi connectivity index (χ0) is 7.40. The fraction of sp³-hybridized carbons (Fsp3) is 0.667. The summed E-state index contributed by atoms with van der Waals surface area (Å²) >= 11 is 0. The predicted molar refractivity (Wildman–Crippen MR) is 28.7 cm³/mol. The van der Waals surface area contributed by atoms with Crippen LogP contribution in [0.15, 0.2) is 0 Å². The quantitative estimate of drug-likeness (QED) is 0.628. The molecule has 0 fully saturated rings. The number of anilines is 1. The summed E-state index contributed by atoms with van der Waals surface area (Å²) in [5, 5.41) is 14.3. The Labute approximate surface area is 54.8 Å². The molecule has 1 heterocycles. The summed E-state index contributed by atoms with van der Waals surface area (Å²) in [6.07, 6.45) is -2.40. The largest absolute Gasteiger partial charge is 0.346 e. The highest BCUT2D eigenvalue weighted by atomic mass is 19.3. The first kappa shape index (κ1) is 6.84. The molecular weight excluding hydrogens is 144 g/mol. The van der Waals surface area contributed by atoms with Crippen LogP contribution in [-0.4, -0.2) is 33.6 Å². The van der Waals surface area contributed by atoms with Gasteiger partial charge in [-0.1, -0.05) is 5.10 Å². The van der Waals surface area contributed by atoms with Gasteiger partial charge in [0.1, 0.15) is 0 Å². The van der Waals surface area contributed by atoms with Gasteiger partial charge >= 0.3 is 0 Å². The first-order chi connectivity index (χ1) is 4.79. The molecule has 1 aromatic rings. The monoisotopic (exact) mass is 149 g/mol. The second kappa shape index (κ2) is 3.04. The molecule has 0 radical (unpaired) electrons. The number of hydrogen-bond acceptors (Lipinski definition) is 4. The standard InChI is InChI=1S/C3H5F2N5/c4-2(5)1-6-3-7-9-10-8-3/h2H,1H2,(H2,6,7,8,9,10). The Balaban J connectivity index is 2.28. The number of nitrogens with zero attached hydrogens (tertiary/aromatic N) is 3. The minimum atomic E-state index is -2.40. The zero-order valence-electron chi connectivity index (χ0n) is 4.88. The number of hydrogen-bond donors (Lipinski definition) is 2. The maximum Gasteiger partial charge on any atom is 0.263 e. The van der Waals surface area contributed by atoms with Gasteiger partial charge in [0.05, 0.1) is 6.54 Å². The third-order valence-electron chi connectivity index (χ3n) is 0.760. The Bertz CT molecular complexity index is 173. The lowest BCUT2D eigenvalue weighted by molar-refractivity contribution is 0.163. The van der Waals surface area contributed by atoms with Crippen LogP contribution >= 0.6 is 0 Å². The smallest absolute Gasteiger partial charge is 0.263 e. The van der Waals surface area contributed by atoms with Crippen molar-refractivity contribution in [2.24, 2.45) is 0 Å². The summed E-state index contributed by atoms with van der Waals surface area (Å²) in [6.45, 7) is -0.459. The molecule has 0 amide bonds. The van der Waals surface area contributed by atoms with Gasteiger partial charge in [-0.2, -0.15) is 5.21 Å². The van der Waals surface area contributed by atoms with Crippen LogP contribution in [0.5, 0.6) is 0 Å². The lowest BCUT2D eigenvalue weighted by Crippen LogP contribution is -2.11. The zero-order valence-corrected chi connectivity index (χ0v) is 4.88. The molecule has 0 aliphatic carbocycles. The molecule has 0 saturated carbocycles. The van der Waals surface area contributed by atoms with Crippen molar-refractivity contribution in [1.29, 1.82) is 0 Å². The summed E-state index contributed by atoms with van der Waals surface area (Å²) in [5.41, 5.74) is 0. The molecule has 7 heteroatoms. The van der Waals surface area contributed by atoms with E-state index in [2.05, 4.69) is 25.9 Å². The lowest BCUT2D eigenvalue weighted by atomic mass is 10.7. The Morgan fingerprint density at radius 1 is 1.60 bits per heavy atom. The van der Waals surface area contributed by atoms with Crippen LogP contribution in [0.2, 0.25) is 0 Å². The Hall–Kier alpha value is -1.27. The molecule has 1 aromatic heterocycles. The van der Waals surface area contributed by atoms with Gasteiger partial charge in [0, 0.05) is 0 Å². The molecular formula is C3H5F2N5. The average molecular weight is 149 g/mol. The highest BCUT2D eigenvalue weighted by Crippen LogP contribution is 1.94. The van der Waals surface area contributed by atoms with Crippen molar-refractivity contribution in [2.45, 2.75) is 6.43 Å². The van der Waals surface area contributed by atoms with Crippen molar-refractivity contribution in [3.63, 3.8) is 0 Å². The van der Waals surface area contributed by atoms with Gasteiger partial charge in [-0.05, 0) is 5.21 Å². The fourth-order valence-corrected chi connectivity index (χ4v) is 0.405. The molecule has 0 aromatic carbocycles. The van der Waals surface area contributed by atoms with E-state index in [1.165, 1.54) is 0 Å². The van der Waals surface area contributed by atoms with E-state index in [0.29, 0.717) is 0 Å². The third kappa shape index (κ3) is 1.92. The first-order valence-corrected chi connectivity index (χ1v) is 2.54. The first-order valence-electron chi connectivity index (χ1n) is 2.54. The van der Waals surface area contributed by atoms with Gasteiger partial charge in [0.25, 0.3) is 12.4 Å². The van der Waals surface area contributed by atoms with Gasteiger partial charge in [-0.25, -0.2) is 8.78 Å². The SMILES string of the molecule is FC(F)CNc1nn[nH]n1. The maximum atomic E-state index is 11.5. The number of alkyl halides is 2. The Morgan fingerprint density at radius 2 is 2.40 bits per heavy atom. The maximum absolute atomic E-state index is 11.5. The molecule has 0 aliphatic heterocycles. The fourth-order valence-electron chi connectivity index (χ4n) is 0.405. The number of tetrazole rings is 1. The normalized spacial score (nSPS) is 10.3. The number of H-pyrrole nitrogens is 1. The predicted octanol–water partition coefficient (Wildman–Crippen LogP) is -0.123. The highest BCUT2D eigenvalue weighted by molar-refractivity contribution is 5.18. The minimum Gasteiger partial charge on any atom is -0.346 e. The molecule has 0 unspecified atom stereocenters. The Morgan fingerprint density at radius 3 is 2.90 bits per heavy atom. The van der Waals surface area contributed by atoms with E-state index >= 15 is 0 Å². The topological polar surface area (TPSA) is 66.5 Å². The second-order valence-electron chi connectivity index (χ2n) is 1.51. The van der Waals surface area contributed by atoms with E-state index in [9.17, 15) is 8.78 Å². The minimum absolute atomic E-state index is 0.0836. The third-order valence-corrected chi connectivity index (χ3v) is 0.760. The van der Waals surface area contributed by atoms with Crippen LogP contribution in [0, 0.1) is 0 Å². The highest BCUT2D eigenvalue weighted by Gasteiger charge is 2.02. The van der Waals surface area contributed by atoms with Crippen molar-refractivity contribution in [1.82, 2.24) is 20.6 Å². The molecule has 5 nitrogen and oxygen atoms in total. The lowest BCUT2D eigenvalue weighted by Gasteiger charge is -1.96. The molecule has 2 N–H and O–H groups in total. The van der Waals surface area contributed by atoms with E-state index in [1.807, 2.05) is 0 Å². The summed E-state index contributed by atoms with van der Waals surface area (Å²) in [7, 11) is 0. The van der Waals surface area contributed by atoms with Gasteiger partial charge in [0.2, 0.25) is 0 Å². The molecule has 1 rings (SSSR count). The number of halogens is 2. The van der Waals surface area contributed by atoms with Gasteiger partial charge < -0.3 is 5.32 Å². The molecule has 0 aliphatic rings.